The highest BCUT2D eigenvalue weighted by atomic mass is 79.9. The second-order valence-corrected chi connectivity index (χ2v) is 6.20. The zero-order chi connectivity index (χ0) is 10.3. The molecule has 1 unspecified atom stereocenters. The number of hydrogen-bond acceptors (Lipinski definition) is 1. The lowest BCUT2D eigenvalue weighted by Crippen LogP contribution is -2.25. The standard InChI is InChI=1S/C11H23BrS/c1-5-13-8-6-7-11(4,9-12)10(2)3/h10H,5-9H2,1-4H3. The maximum Gasteiger partial charge on any atom is 0.00877 e. The lowest BCUT2D eigenvalue weighted by molar-refractivity contribution is 0.237. The Morgan fingerprint density at radius 1 is 1.38 bits per heavy atom. The van der Waals surface area contributed by atoms with E-state index < -0.39 is 0 Å². The van der Waals surface area contributed by atoms with Gasteiger partial charge in [-0.2, -0.15) is 11.8 Å². The molecule has 0 aromatic carbocycles. The first kappa shape index (κ1) is 13.8. The van der Waals surface area contributed by atoms with Gasteiger partial charge in [-0.15, -0.1) is 0 Å². The molecule has 0 nitrogen and oxygen atoms in total. The minimum absolute atomic E-state index is 0.494. The molecule has 0 heterocycles. The highest BCUT2D eigenvalue weighted by Crippen LogP contribution is 2.34. The van der Waals surface area contributed by atoms with Crippen LogP contribution in [0.1, 0.15) is 40.5 Å². The zero-order valence-corrected chi connectivity index (χ0v) is 11.8. The van der Waals surface area contributed by atoms with E-state index in [0.717, 1.165) is 11.2 Å². The van der Waals surface area contributed by atoms with Crippen LogP contribution in [0.25, 0.3) is 0 Å². The van der Waals surface area contributed by atoms with Crippen molar-refractivity contribution in [3.8, 4) is 0 Å². The maximum absolute atomic E-state index is 3.63. The van der Waals surface area contributed by atoms with Gasteiger partial charge in [0.25, 0.3) is 0 Å². The Morgan fingerprint density at radius 3 is 2.38 bits per heavy atom. The summed E-state index contributed by atoms with van der Waals surface area (Å²) in [5, 5.41) is 1.13. The van der Waals surface area contributed by atoms with Crippen molar-refractivity contribution < 1.29 is 0 Å². The molecule has 0 aliphatic carbocycles. The lowest BCUT2D eigenvalue weighted by Gasteiger charge is -2.31. The van der Waals surface area contributed by atoms with Crippen molar-refractivity contribution in [1.82, 2.24) is 0 Å². The monoisotopic (exact) mass is 266 g/mol. The summed E-state index contributed by atoms with van der Waals surface area (Å²) in [5.41, 5.74) is 0.494. The minimum atomic E-state index is 0.494. The Balaban J connectivity index is 3.71. The average Bonchev–Trinajstić information content (AvgIpc) is 2.12. The molecule has 1 atom stereocenters. The van der Waals surface area contributed by atoms with Crippen molar-refractivity contribution in [3.63, 3.8) is 0 Å². The first-order chi connectivity index (χ1) is 6.06. The number of halogens is 1. The molecule has 0 radical (unpaired) electrons. The molecule has 13 heavy (non-hydrogen) atoms. The summed E-state index contributed by atoms with van der Waals surface area (Å²) in [6, 6.07) is 0. The van der Waals surface area contributed by atoms with Gasteiger partial charge in [-0.25, -0.2) is 0 Å². The third kappa shape index (κ3) is 5.31. The van der Waals surface area contributed by atoms with Crippen molar-refractivity contribution in [2.75, 3.05) is 16.8 Å². The van der Waals surface area contributed by atoms with Crippen LogP contribution in [0.2, 0.25) is 0 Å². The Morgan fingerprint density at radius 2 is 2.00 bits per heavy atom. The van der Waals surface area contributed by atoms with Gasteiger partial charge >= 0.3 is 0 Å². The Kier molecular flexibility index (Phi) is 7.62. The molecule has 0 spiro atoms. The van der Waals surface area contributed by atoms with E-state index in [1.54, 1.807) is 0 Å². The molecule has 0 amide bonds. The normalized spacial score (nSPS) is 16.2. The molecular weight excluding hydrogens is 244 g/mol. The van der Waals surface area contributed by atoms with Gasteiger partial charge in [0.15, 0.2) is 0 Å². The van der Waals surface area contributed by atoms with Crippen molar-refractivity contribution in [2.24, 2.45) is 11.3 Å². The van der Waals surface area contributed by atoms with Crippen LogP contribution in [0.15, 0.2) is 0 Å². The van der Waals surface area contributed by atoms with Crippen molar-refractivity contribution in [2.45, 2.75) is 40.5 Å². The molecule has 0 bridgehead atoms. The van der Waals surface area contributed by atoms with Gasteiger partial charge in [0.05, 0.1) is 0 Å². The SMILES string of the molecule is CCSCCCC(C)(CBr)C(C)C. The second-order valence-electron chi connectivity index (χ2n) is 4.24. The van der Waals surface area contributed by atoms with Crippen molar-refractivity contribution in [3.05, 3.63) is 0 Å². The van der Waals surface area contributed by atoms with Gasteiger partial charge in [0.1, 0.15) is 0 Å². The predicted molar refractivity (Wildman–Crippen MR) is 69.0 cm³/mol. The van der Waals surface area contributed by atoms with Gasteiger partial charge < -0.3 is 0 Å². The molecule has 80 valence electrons. The molecule has 0 saturated heterocycles. The molecule has 0 aliphatic rings. The van der Waals surface area contributed by atoms with Crippen LogP contribution >= 0.6 is 27.7 Å². The van der Waals surface area contributed by atoms with Crippen molar-refractivity contribution in [1.29, 1.82) is 0 Å². The molecule has 0 N–H and O–H groups in total. The molecule has 0 saturated carbocycles. The summed E-state index contributed by atoms with van der Waals surface area (Å²) in [7, 11) is 0. The molecule has 0 fully saturated rings. The fourth-order valence-corrected chi connectivity index (χ4v) is 2.80. The summed E-state index contributed by atoms with van der Waals surface area (Å²) >= 11 is 5.69. The third-order valence-electron chi connectivity index (χ3n) is 2.94. The Hall–Kier alpha value is 0.830. The maximum atomic E-state index is 3.63. The number of hydrogen-bond donors (Lipinski definition) is 0. The van der Waals surface area contributed by atoms with E-state index in [2.05, 4.69) is 55.4 Å². The smallest absolute Gasteiger partial charge is 0.00877 e. The fourth-order valence-electron chi connectivity index (χ4n) is 1.23. The molecule has 0 rings (SSSR count). The summed E-state index contributed by atoms with van der Waals surface area (Å²) in [5.74, 6) is 3.36. The highest BCUT2D eigenvalue weighted by molar-refractivity contribution is 9.09. The second kappa shape index (κ2) is 7.17. The van der Waals surface area contributed by atoms with E-state index in [0.29, 0.717) is 5.41 Å². The van der Waals surface area contributed by atoms with E-state index >= 15 is 0 Å². The molecule has 2 heteroatoms. The Bertz CT molecular complexity index is 125. The molecule has 0 aromatic heterocycles. The topological polar surface area (TPSA) is 0 Å². The van der Waals surface area contributed by atoms with E-state index in [1.165, 1.54) is 24.3 Å². The van der Waals surface area contributed by atoms with Crippen LogP contribution in [0.4, 0.5) is 0 Å². The number of thioether (sulfide) groups is 1. The third-order valence-corrected chi connectivity index (χ3v) is 5.21. The fraction of sp³-hybridized carbons (Fsp3) is 1.00. The van der Waals surface area contributed by atoms with E-state index in [4.69, 9.17) is 0 Å². The van der Waals surface area contributed by atoms with Crippen molar-refractivity contribution >= 4 is 27.7 Å². The molecular formula is C11H23BrS. The van der Waals surface area contributed by atoms with Gasteiger partial charge in [0.2, 0.25) is 0 Å². The van der Waals surface area contributed by atoms with Crippen LogP contribution in [-0.2, 0) is 0 Å². The van der Waals surface area contributed by atoms with Gasteiger partial charge in [-0.3, -0.25) is 0 Å². The summed E-state index contributed by atoms with van der Waals surface area (Å²) in [6.07, 6.45) is 2.71. The summed E-state index contributed by atoms with van der Waals surface area (Å²) in [4.78, 5) is 0. The van der Waals surface area contributed by atoms with Crippen LogP contribution in [0.3, 0.4) is 0 Å². The quantitative estimate of drug-likeness (QED) is 0.480. The molecule has 0 aromatic rings. The zero-order valence-electron chi connectivity index (χ0n) is 9.40. The first-order valence-corrected chi connectivity index (χ1v) is 7.48. The highest BCUT2D eigenvalue weighted by Gasteiger charge is 2.26. The van der Waals surface area contributed by atoms with E-state index in [1.807, 2.05) is 0 Å². The number of alkyl halides is 1. The largest absolute Gasteiger partial charge is 0.162 e. The van der Waals surface area contributed by atoms with E-state index in [-0.39, 0.29) is 0 Å². The van der Waals surface area contributed by atoms with Crippen LogP contribution in [0.5, 0.6) is 0 Å². The minimum Gasteiger partial charge on any atom is -0.162 e. The van der Waals surface area contributed by atoms with Crippen LogP contribution in [0, 0.1) is 11.3 Å². The average molecular weight is 267 g/mol. The van der Waals surface area contributed by atoms with Crippen LogP contribution < -0.4 is 0 Å². The number of rotatable bonds is 7. The van der Waals surface area contributed by atoms with Gasteiger partial charge in [-0.05, 0) is 35.7 Å². The van der Waals surface area contributed by atoms with Crippen LogP contribution in [-0.4, -0.2) is 16.8 Å². The van der Waals surface area contributed by atoms with Gasteiger partial charge in [0, 0.05) is 5.33 Å². The van der Waals surface area contributed by atoms with E-state index in [9.17, 15) is 0 Å². The summed E-state index contributed by atoms with van der Waals surface area (Å²) < 4.78 is 0. The Labute approximate surface area is 96.4 Å². The lowest BCUT2D eigenvalue weighted by atomic mass is 9.77. The first-order valence-electron chi connectivity index (χ1n) is 5.20. The molecule has 0 aliphatic heterocycles. The predicted octanol–water partition coefficient (Wildman–Crippen LogP) is 4.58. The van der Waals surface area contributed by atoms with Gasteiger partial charge in [-0.1, -0.05) is 43.6 Å². The summed E-state index contributed by atoms with van der Waals surface area (Å²) in [6.45, 7) is 9.28.